The molecule has 2 aromatic rings. The lowest BCUT2D eigenvalue weighted by atomic mass is 10.1. The van der Waals surface area contributed by atoms with E-state index in [1.54, 1.807) is 7.11 Å². The zero-order valence-electron chi connectivity index (χ0n) is 11.9. The van der Waals surface area contributed by atoms with Crippen LogP contribution in [0.3, 0.4) is 0 Å². The van der Waals surface area contributed by atoms with Crippen LogP contribution >= 0.6 is 0 Å². The molecule has 0 fully saturated rings. The highest BCUT2D eigenvalue weighted by atomic mass is 16.5. The summed E-state index contributed by atoms with van der Waals surface area (Å²) in [6, 6.07) is 7.88. The van der Waals surface area contributed by atoms with Crippen molar-refractivity contribution in [2.75, 3.05) is 7.11 Å². The van der Waals surface area contributed by atoms with Gasteiger partial charge in [0.25, 0.3) is 0 Å². The van der Waals surface area contributed by atoms with E-state index < -0.39 is 0 Å². The van der Waals surface area contributed by atoms with Gasteiger partial charge in [-0.25, -0.2) is 0 Å². The number of aldehydes is 1. The van der Waals surface area contributed by atoms with Crippen LogP contribution in [0.25, 0.3) is 5.69 Å². The summed E-state index contributed by atoms with van der Waals surface area (Å²) in [6.07, 6.45) is 1.82. The molecule has 0 aliphatic heterocycles. The SMILES string of the molecule is CCc1c(C=O)c(C)n(-c2ccc(OC)cc2)c1C. The molecule has 100 valence electrons. The van der Waals surface area contributed by atoms with Crippen molar-refractivity contribution >= 4 is 6.29 Å². The summed E-state index contributed by atoms with van der Waals surface area (Å²) in [7, 11) is 1.65. The van der Waals surface area contributed by atoms with E-state index in [0.29, 0.717) is 0 Å². The molecule has 0 aliphatic rings. The number of methoxy groups -OCH3 is 1. The van der Waals surface area contributed by atoms with Crippen LogP contribution in [-0.4, -0.2) is 18.0 Å². The lowest BCUT2D eigenvalue weighted by molar-refractivity contribution is 0.112. The molecule has 0 atom stereocenters. The second-order valence-electron chi connectivity index (χ2n) is 4.57. The Hall–Kier alpha value is -2.03. The molecule has 1 aromatic carbocycles. The van der Waals surface area contributed by atoms with Crippen LogP contribution in [0.4, 0.5) is 0 Å². The summed E-state index contributed by atoms with van der Waals surface area (Å²) in [6.45, 7) is 6.12. The number of carbonyl (C=O) groups is 1. The average molecular weight is 257 g/mol. The van der Waals surface area contributed by atoms with Gasteiger partial charge in [-0.15, -0.1) is 0 Å². The average Bonchev–Trinajstić information content (AvgIpc) is 2.69. The third kappa shape index (κ3) is 2.16. The largest absolute Gasteiger partial charge is 0.497 e. The highest BCUT2D eigenvalue weighted by Gasteiger charge is 2.16. The van der Waals surface area contributed by atoms with E-state index in [-0.39, 0.29) is 0 Å². The predicted molar refractivity (Wildman–Crippen MR) is 76.6 cm³/mol. The van der Waals surface area contributed by atoms with Crippen molar-refractivity contribution in [3.8, 4) is 11.4 Å². The van der Waals surface area contributed by atoms with Gasteiger partial charge in [0.2, 0.25) is 0 Å². The van der Waals surface area contributed by atoms with Crippen molar-refractivity contribution < 1.29 is 9.53 Å². The van der Waals surface area contributed by atoms with Gasteiger partial charge in [-0.2, -0.15) is 0 Å². The summed E-state index contributed by atoms with van der Waals surface area (Å²) in [4.78, 5) is 11.3. The second kappa shape index (κ2) is 5.31. The smallest absolute Gasteiger partial charge is 0.152 e. The van der Waals surface area contributed by atoms with E-state index in [1.165, 1.54) is 0 Å². The summed E-state index contributed by atoms with van der Waals surface area (Å²) < 4.78 is 7.30. The Morgan fingerprint density at radius 3 is 2.21 bits per heavy atom. The first-order valence-corrected chi connectivity index (χ1v) is 6.44. The van der Waals surface area contributed by atoms with E-state index in [1.807, 2.05) is 31.2 Å². The molecule has 0 amide bonds. The van der Waals surface area contributed by atoms with Crippen LogP contribution in [0.2, 0.25) is 0 Å². The molecule has 19 heavy (non-hydrogen) atoms. The Bertz CT molecular complexity index is 594. The fourth-order valence-corrected chi connectivity index (χ4v) is 2.64. The van der Waals surface area contributed by atoms with Crippen molar-refractivity contribution in [3.63, 3.8) is 0 Å². The van der Waals surface area contributed by atoms with E-state index in [9.17, 15) is 4.79 Å². The highest BCUT2D eigenvalue weighted by Crippen LogP contribution is 2.26. The van der Waals surface area contributed by atoms with Crippen molar-refractivity contribution in [2.24, 2.45) is 0 Å². The maximum Gasteiger partial charge on any atom is 0.152 e. The maximum atomic E-state index is 11.3. The van der Waals surface area contributed by atoms with Crippen LogP contribution < -0.4 is 4.74 Å². The molecule has 3 heteroatoms. The van der Waals surface area contributed by atoms with Crippen LogP contribution in [0.15, 0.2) is 24.3 Å². The lowest BCUT2D eigenvalue weighted by Crippen LogP contribution is -1.99. The number of ether oxygens (including phenoxy) is 1. The Morgan fingerprint density at radius 2 is 1.79 bits per heavy atom. The van der Waals surface area contributed by atoms with Gasteiger partial charge in [0, 0.05) is 22.6 Å². The highest BCUT2D eigenvalue weighted by molar-refractivity contribution is 5.80. The van der Waals surface area contributed by atoms with Crippen molar-refractivity contribution in [1.82, 2.24) is 4.57 Å². The fourth-order valence-electron chi connectivity index (χ4n) is 2.64. The topological polar surface area (TPSA) is 31.2 Å². The number of nitrogens with zero attached hydrogens (tertiary/aromatic N) is 1. The number of rotatable bonds is 4. The van der Waals surface area contributed by atoms with E-state index in [0.717, 1.165) is 46.7 Å². The minimum Gasteiger partial charge on any atom is -0.497 e. The maximum absolute atomic E-state index is 11.3. The summed E-state index contributed by atoms with van der Waals surface area (Å²) in [5.74, 6) is 0.831. The zero-order valence-corrected chi connectivity index (χ0v) is 11.9. The second-order valence-corrected chi connectivity index (χ2v) is 4.57. The Labute approximate surface area is 113 Å². The third-order valence-electron chi connectivity index (χ3n) is 3.62. The van der Waals surface area contributed by atoms with E-state index in [2.05, 4.69) is 18.4 Å². The van der Waals surface area contributed by atoms with Crippen molar-refractivity contribution in [1.29, 1.82) is 0 Å². The molecule has 0 saturated carbocycles. The quantitative estimate of drug-likeness (QED) is 0.785. The summed E-state index contributed by atoms with van der Waals surface area (Å²) in [5, 5.41) is 0. The third-order valence-corrected chi connectivity index (χ3v) is 3.62. The van der Waals surface area contributed by atoms with E-state index in [4.69, 9.17) is 4.74 Å². The van der Waals surface area contributed by atoms with Gasteiger partial charge < -0.3 is 9.30 Å². The van der Waals surface area contributed by atoms with Crippen LogP contribution in [0.5, 0.6) is 5.75 Å². The molecule has 0 bridgehead atoms. The molecule has 0 unspecified atom stereocenters. The zero-order chi connectivity index (χ0) is 14.0. The molecule has 2 rings (SSSR count). The van der Waals surface area contributed by atoms with Crippen LogP contribution in [0, 0.1) is 13.8 Å². The number of benzene rings is 1. The monoisotopic (exact) mass is 257 g/mol. The molecule has 0 saturated heterocycles. The predicted octanol–water partition coefficient (Wildman–Crippen LogP) is 3.48. The van der Waals surface area contributed by atoms with Gasteiger partial charge in [0.05, 0.1) is 7.11 Å². The minimum atomic E-state index is 0.816. The van der Waals surface area contributed by atoms with Crippen molar-refractivity contribution in [2.45, 2.75) is 27.2 Å². The lowest BCUT2D eigenvalue weighted by Gasteiger charge is -2.10. The van der Waals surface area contributed by atoms with Gasteiger partial charge in [0.15, 0.2) is 6.29 Å². The fraction of sp³-hybridized carbons (Fsp3) is 0.312. The molecular formula is C16H19NO2. The number of carbonyl (C=O) groups excluding carboxylic acids is 1. The van der Waals surface area contributed by atoms with Gasteiger partial charge in [-0.05, 0) is 50.1 Å². The molecule has 1 aromatic heterocycles. The van der Waals surface area contributed by atoms with Crippen LogP contribution in [-0.2, 0) is 6.42 Å². The van der Waals surface area contributed by atoms with Gasteiger partial charge in [-0.3, -0.25) is 4.79 Å². The summed E-state index contributed by atoms with van der Waals surface area (Å²) in [5.41, 5.74) is 5.12. The molecule has 0 radical (unpaired) electrons. The van der Waals surface area contributed by atoms with Crippen molar-refractivity contribution in [3.05, 3.63) is 46.8 Å². The Balaban J connectivity index is 2.61. The number of hydrogen-bond acceptors (Lipinski definition) is 2. The summed E-state index contributed by atoms with van der Waals surface area (Å²) >= 11 is 0. The van der Waals surface area contributed by atoms with Crippen LogP contribution in [0.1, 0.15) is 34.2 Å². The number of aromatic nitrogens is 1. The normalized spacial score (nSPS) is 10.5. The Morgan fingerprint density at radius 1 is 1.16 bits per heavy atom. The van der Waals surface area contributed by atoms with Gasteiger partial charge in [0.1, 0.15) is 5.75 Å². The first-order chi connectivity index (χ1) is 9.13. The van der Waals surface area contributed by atoms with E-state index >= 15 is 0 Å². The Kier molecular flexibility index (Phi) is 3.74. The molecular weight excluding hydrogens is 238 g/mol. The van der Waals surface area contributed by atoms with Gasteiger partial charge in [-0.1, -0.05) is 6.92 Å². The number of hydrogen-bond donors (Lipinski definition) is 0. The molecule has 1 heterocycles. The molecule has 0 N–H and O–H groups in total. The first kappa shape index (κ1) is 13.4. The standard InChI is InChI=1S/C16H19NO2/c1-5-15-11(2)17(12(3)16(15)10-18)13-6-8-14(19-4)9-7-13/h6-10H,5H2,1-4H3. The van der Waals surface area contributed by atoms with Gasteiger partial charge >= 0.3 is 0 Å². The molecule has 3 nitrogen and oxygen atoms in total. The molecule has 0 aliphatic carbocycles. The minimum absolute atomic E-state index is 0.816. The first-order valence-electron chi connectivity index (χ1n) is 6.44. The molecule has 0 spiro atoms.